The molecule has 0 atom stereocenters. The van der Waals surface area contributed by atoms with Crippen LogP contribution in [0, 0.1) is 0 Å². The largest absolute Gasteiger partial charge is 0.381 e. The lowest BCUT2D eigenvalue weighted by Gasteiger charge is -2.31. The standard InChI is InChI=1S/C7H14O2.2C2H6/c1-7(8-2)3-5-9-6-4-7;2*1-2/h3-6H2,1-2H3;2*1-2H3. The Morgan fingerprint density at radius 3 is 1.62 bits per heavy atom. The van der Waals surface area contributed by atoms with Crippen LogP contribution >= 0.6 is 0 Å². The van der Waals surface area contributed by atoms with E-state index in [-0.39, 0.29) is 5.60 Å². The maximum atomic E-state index is 5.30. The van der Waals surface area contributed by atoms with Gasteiger partial charge in [0.2, 0.25) is 0 Å². The van der Waals surface area contributed by atoms with Crippen molar-refractivity contribution in [1.29, 1.82) is 0 Å². The second-order valence-electron chi connectivity index (χ2n) is 2.77. The predicted molar refractivity (Wildman–Crippen MR) is 58.2 cm³/mol. The summed E-state index contributed by atoms with van der Waals surface area (Å²) in [5.41, 5.74) is 0.0955. The Bertz CT molecular complexity index is 86.1. The highest BCUT2D eigenvalue weighted by Gasteiger charge is 2.25. The van der Waals surface area contributed by atoms with Gasteiger partial charge in [0, 0.05) is 20.3 Å². The van der Waals surface area contributed by atoms with Crippen molar-refractivity contribution >= 4 is 0 Å². The van der Waals surface area contributed by atoms with E-state index in [0.29, 0.717) is 0 Å². The molecule has 13 heavy (non-hydrogen) atoms. The van der Waals surface area contributed by atoms with Crippen molar-refractivity contribution < 1.29 is 9.47 Å². The van der Waals surface area contributed by atoms with Gasteiger partial charge in [0.05, 0.1) is 5.60 Å². The lowest BCUT2D eigenvalue weighted by molar-refractivity contribution is -0.0773. The molecule has 1 fully saturated rings. The average Bonchev–Trinajstić information content (AvgIpc) is 2.25. The van der Waals surface area contributed by atoms with Gasteiger partial charge in [-0.2, -0.15) is 0 Å². The van der Waals surface area contributed by atoms with E-state index in [0.717, 1.165) is 26.1 Å². The third-order valence-corrected chi connectivity index (χ3v) is 2.04. The fraction of sp³-hybridized carbons (Fsp3) is 1.00. The Morgan fingerprint density at radius 1 is 1.00 bits per heavy atom. The highest BCUT2D eigenvalue weighted by molar-refractivity contribution is 4.76. The zero-order chi connectivity index (χ0) is 10.7. The lowest BCUT2D eigenvalue weighted by atomic mass is 9.97. The minimum atomic E-state index is 0.0955. The molecule has 0 radical (unpaired) electrons. The van der Waals surface area contributed by atoms with Gasteiger partial charge in [-0.1, -0.05) is 27.7 Å². The van der Waals surface area contributed by atoms with Gasteiger partial charge in [-0.05, 0) is 19.8 Å². The van der Waals surface area contributed by atoms with Crippen LogP contribution in [0.3, 0.4) is 0 Å². The highest BCUT2D eigenvalue weighted by atomic mass is 16.5. The Hall–Kier alpha value is -0.0800. The van der Waals surface area contributed by atoms with E-state index in [4.69, 9.17) is 9.47 Å². The molecule has 0 aliphatic carbocycles. The molecule has 1 aliphatic rings. The average molecular weight is 190 g/mol. The first kappa shape index (κ1) is 15.4. The van der Waals surface area contributed by atoms with Crippen molar-refractivity contribution in [3.63, 3.8) is 0 Å². The molecular formula is C11H26O2. The van der Waals surface area contributed by atoms with Crippen molar-refractivity contribution in [2.24, 2.45) is 0 Å². The lowest BCUT2D eigenvalue weighted by Crippen LogP contribution is -2.34. The van der Waals surface area contributed by atoms with E-state index in [1.807, 2.05) is 27.7 Å². The second-order valence-corrected chi connectivity index (χ2v) is 2.77. The molecule has 1 aliphatic heterocycles. The minimum absolute atomic E-state index is 0.0955. The zero-order valence-electron chi connectivity index (χ0n) is 10.1. The monoisotopic (exact) mass is 190 g/mol. The summed E-state index contributed by atoms with van der Waals surface area (Å²) in [7, 11) is 1.77. The van der Waals surface area contributed by atoms with Gasteiger partial charge in [0.25, 0.3) is 0 Å². The third kappa shape index (κ3) is 7.03. The molecule has 0 spiro atoms. The van der Waals surface area contributed by atoms with E-state index in [2.05, 4.69) is 6.92 Å². The van der Waals surface area contributed by atoms with Crippen LogP contribution in [0.4, 0.5) is 0 Å². The van der Waals surface area contributed by atoms with Crippen LogP contribution in [-0.2, 0) is 9.47 Å². The number of rotatable bonds is 1. The summed E-state index contributed by atoms with van der Waals surface area (Å²) in [6.45, 7) is 11.8. The summed E-state index contributed by atoms with van der Waals surface area (Å²) in [4.78, 5) is 0. The molecule has 0 aromatic carbocycles. The smallest absolute Gasteiger partial charge is 0.0694 e. The molecule has 2 nitrogen and oxygen atoms in total. The van der Waals surface area contributed by atoms with Crippen LogP contribution in [-0.4, -0.2) is 25.9 Å². The third-order valence-electron chi connectivity index (χ3n) is 2.04. The Morgan fingerprint density at radius 2 is 1.38 bits per heavy atom. The molecule has 1 heterocycles. The fourth-order valence-electron chi connectivity index (χ4n) is 1.01. The molecule has 82 valence electrons. The summed E-state index contributed by atoms with van der Waals surface area (Å²) in [5.74, 6) is 0. The number of hydrogen-bond donors (Lipinski definition) is 0. The molecule has 0 unspecified atom stereocenters. The molecule has 1 saturated heterocycles. The summed E-state index contributed by atoms with van der Waals surface area (Å²) < 4.78 is 10.5. The quantitative estimate of drug-likeness (QED) is 0.632. The maximum absolute atomic E-state index is 5.30. The van der Waals surface area contributed by atoms with Crippen molar-refractivity contribution in [3.8, 4) is 0 Å². The Labute approximate surface area is 83.6 Å². The van der Waals surface area contributed by atoms with E-state index < -0.39 is 0 Å². The molecule has 2 heteroatoms. The van der Waals surface area contributed by atoms with Gasteiger partial charge >= 0.3 is 0 Å². The van der Waals surface area contributed by atoms with Gasteiger partial charge in [-0.15, -0.1) is 0 Å². The first-order chi connectivity index (χ1) is 6.27. The fourth-order valence-corrected chi connectivity index (χ4v) is 1.01. The van der Waals surface area contributed by atoms with Gasteiger partial charge in [0.15, 0.2) is 0 Å². The van der Waals surface area contributed by atoms with Gasteiger partial charge < -0.3 is 9.47 Å². The normalized spacial score (nSPS) is 18.9. The van der Waals surface area contributed by atoms with Crippen molar-refractivity contribution in [1.82, 2.24) is 0 Å². The Balaban J connectivity index is 0. The van der Waals surface area contributed by atoms with Gasteiger partial charge in [0.1, 0.15) is 0 Å². The zero-order valence-corrected chi connectivity index (χ0v) is 10.1. The Kier molecular flexibility index (Phi) is 11.8. The molecule has 0 N–H and O–H groups in total. The molecule has 1 rings (SSSR count). The summed E-state index contributed by atoms with van der Waals surface area (Å²) in [6, 6.07) is 0. The minimum Gasteiger partial charge on any atom is -0.381 e. The van der Waals surface area contributed by atoms with Gasteiger partial charge in [-0.25, -0.2) is 0 Å². The maximum Gasteiger partial charge on any atom is 0.0694 e. The van der Waals surface area contributed by atoms with Crippen molar-refractivity contribution in [2.45, 2.75) is 53.1 Å². The first-order valence-corrected chi connectivity index (χ1v) is 5.40. The van der Waals surface area contributed by atoms with Crippen molar-refractivity contribution in [2.75, 3.05) is 20.3 Å². The molecule has 0 bridgehead atoms. The van der Waals surface area contributed by atoms with E-state index in [9.17, 15) is 0 Å². The molecule has 0 saturated carbocycles. The summed E-state index contributed by atoms with van der Waals surface area (Å²) >= 11 is 0. The van der Waals surface area contributed by atoms with Crippen LogP contribution < -0.4 is 0 Å². The highest BCUT2D eigenvalue weighted by Crippen LogP contribution is 2.22. The summed E-state index contributed by atoms with van der Waals surface area (Å²) in [5, 5.41) is 0. The summed E-state index contributed by atoms with van der Waals surface area (Å²) in [6.07, 6.45) is 2.06. The van der Waals surface area contributed by atoms with E-state index in [1.165, 1.54) is 0 Å². The number of hydrogen-bond acceptors (Lipinski definition) is 2. The van der Waals surface area contributed by atoms with Crippen LogP contribution in [0.5, 0.6) is 0 Å². The SMILES string of the molecule is CC.CC.COC1(C)CCOCC1. The van der Waals surface area contributed by atoms with Gasteiger partial charge in [-0.3, -0.25) is 0 Å². The van der Waals surface area contributed by atoms with E-state index in [1.54, 1.807) is 7.11 Å². The molecule has 0 amide bonds. The van der Waals surface area contributed by atoms with E-state index >= 15 is 0 Å². The molecule has 0 aromatic rings. The first-order valence-electron chi connectivity index (χ1n) is 5.40. The molecular weight excluding hydrogens is 164 g/mol. The van der Waals surface area contributed by atoms with Crippen LogP contribution in [0.1, 0.15) is 47.5 Å². The predicted octanol–water partition coefficient (Wildman–Crippen LogP) is 3.25. The van der Waals surface area contributed by atoms with Crippen LogP contribution in [0.15, 0.2) is 0 Å². The second kappa shape index (κ2) is 10.0. The number of ether oxygens (including phenoxy) is 2. The van der Waals surface area contributed by atoms with Crippen molar-refractivity contribution in [3.05, 3.63) is 0 Å². The van der Waals surface area contributed by atoms with Crippen LogP contribution in [0.2, 0.25) is 0 Å². The molecule has 0 aromatic heterocycles. The van der Waals surface area contributed by atoms with Crippen LogP contribution in [0.25, 0.3) is 0 Å². The topological polar surface area (TPSA) is 18.5 Å². The number of methoxy groups -OCH3 is 1.